The number of halogens is 2. The molecule has 0 aliphatic heterocycles. The lowest BCUT2D eigenvalue weighted by molar-refractivity contribution is -0.384. The molecule has 0 saturated heterocycles. The Labute approximate surface area is 120 Å². The number of benzene rings is 1. The third-order valence-electron chi connectivity index (χ3n) is 2.06. The number of esters is 1. The summed E-state index contributed by atoms with van der Waals surface area (Å²) in [6, 6.07) is 5.98. The highest BCUT2D eigenvalue weighted by atomic mass is 79.9. The minimum atomic E-state index is -0.514. The first kappa shape index (κ1) is 14.8. The fourth-order valence-electron chi connectivity index (χ4n) is 1.24. The maximum atomic E-state index is 11.5. The number of hydrogen-bond donors (Lipinski definition) is 0. The fourth-order valence-corrected chi connectivity index (χ4v) is 1.87. The first-order valence-electron chi connectivity index (χ1n) is 4.78. The van der Waals surface area contributed by atoms with E-state index >= 15 is 0 Å². The van der Waals surface area contributed by atoms with Crippen molar-refractivity contribution < 1.29 is 14.5 Å². The molecule has 1 aromatic carbocycles. The van der Waals surface area contributed by atoms with Crippen molar-refractivity contribution in [1.82, 2.24) is 0 Å². The second-order valence-electron chi connectivity index (χ2n) is 3.24. The van der Waals surface area contributed by atoms with Gasteiger partial charge in [-0.05, 0) is 11.6 Å². The van der Waals surface area contributed by atoms with Gasteiger partial charge >= 0.3 is 5.97 Å². The molecule has 0 amide bonds. The van der Waals surface area contributed by atoms with Crippen LogP contribution in [0.4, 0.5) is 5.69 Å². The quantitative estimate of drug-likeness (QED) is 0.265. The topological polar surface area (TPSA) is 69.4 Å². The summed E-state index contributed by atoms with van der Waals surface area (Å²) in [5.41, 5.74) is 0.833. The Morgan fingerprint density at radius 2 is 2.17 bits per heavy atom. The summed E-state index contributed by atoms with van der Waals surface area (Å²) >= 11 is 6.40. The molecule has 0 bridgehead atoms. The average molecular weight is 379 g/mol. The van der Waals surface area contributed by atoms with Crippen LogP contribution in [0.3, 0.4) is 0 Å². The van der Waals surface area contributed by atoms with Crippen molar-refractivity contribution in [2.45, 2.75) is 3.74 Å². The minimum absolute atomic E-state index is 0.0336. The number of nitro benzene ring substituents is 1. The zero-order chi connectivity index (χ0) is 13.7. The first-order chi connectivity index (χ1) is 8.45. The van der Waals surface area contributed by atoms with E-state index in [2.05, 4.69) is 36.6 Å². The van der Waals surface area contributed by atoms with Crippen LogP contribution >= 0.6 is 31.9 Å². The molecule has 0 spiro atoms. The molecule has 0 aromatic heterocycles. The second-order valence-corrected chi connectivity index (χ2v) is 6.30. The standard InChI is InChI=1S/C11H9Br2NO4/c1-18-11(15)9(10(12)13)6-7-3-2-4-8(5-7)14(16)17/h2-6,10H,1H3/b9-6+. The number of carbonyl (C=O) groups is 1. The first-order valence-corrected chi connectivity index (χ1v) is 6.61. The van der Waals surface area contributed by atoms with Gasteiger partial charge in [0.25, 0.3) is 5.69 Å². The van der Waals surface area contributed by atoms with Gasteiger partial charge in [-0.1, -0.05) is 44.0 Å². The van der Waals surface area contributed by atoms with E-state index in [1.165, 1.54) is 25.3 Å². The smallest absolute Gasteiger partial charge is 0.335 e. The SMILES string of the molecule is COC(=O)/C(=C/c1cccc([N+](=O)[O-])c1)C(Br)Br. The van der Waals surface area contributed by atoms with Crippen molar-refractivity contribution in [1.29, 1.82) is 0 Å². The highest BCUT2D eigenvalue weighted by Crippen LogP contribution is 2.24. The molecular weight excluding hydrogens is 370 g/mol. The Bertz CT molecular complexity index is 500. The van der Waals surface area contributed by atoms with E-state index in [-0.39, 0.29) is 5.69 Å². The zero-order valence-corrected chi connectivity index (χ0v) is 12.5. The molecule has 5 nitrogen and oxygen atoms in total. The number of nitrogens with zero attached hydrogens (tertiary/aromatic N) is 1. The Morgan fingerprint density at radius 1 is 1.50 bits per heavy atom. The number of rotatable bonds is 4. The van der Waals surface area contributed by atoms with Crippen molar-refractivity contribution in [2.75, 3.05) is 7.11 Å². The van der Waals surface area contributed by atoms with E-state index in [4.69, 9.17) is 0 Å². The number of alkyl halides is 2. The van der Waals surface area contributed by atoms with E-state index < -0.39 is 14.6 Å². The predicted octanol–water partition coefficient (Wildman–Crippen LogP) is 3.27. The third-order valence-corrected chi connectivity index (χ3v) is 3.05. The number of nitro groups is 1. The van der Waals surface area contributed by atoms with E-state index in [1.807, 2.05) is 0 Å². The Morgan fingerprint density at radius 3 is 2.67 bits per heavy atom. The molecule has 1 aromatic rings. The van der Waals surface area contributed by atoms with Gasteiger partial charge in [0.2, 0.25) is 0 Å². The van der Waals surface area contributed by atoms with Crippen molar-refractivity contribution in [3.63, 3.8) is 0 Å². The molecule has 0 aliphatic carbocycles. The number of methoxy groups -OCH3 is 1. The van der Waals surface area contributed by atoms with Gasteiger partial charge < -0.3 is 4.74 Å². The van der Waals surface area contributed by atoms with Crippen LogP contribution in [-0.4, -0.2) is 21.7 Å². The van der Waals surface area contributed by atoms with E-state index in [0.717, 1.165) is 0 Å². The molecule has 0 radical (unpaired) electrons. The van der Waals surface area contributed by atoms with Crippen molar-refractivity contribution in [3.8, 4) is 0 Å². The lowest BCUT2D eigenvalue weighted by Gasteiger charge is -2.06. The molecule has 0 N–H and O–H groups in total. The van der Waals surface area contributed by atoms with E-state index in [0.29, 0.717) is 11.1 Å². The second kappa shape index (κ2) is 6.65. The zero-order valence-electron chi connectivity index (χ0n) is 9.30. The molecule has 0 unspecified atom stereocenters. The van der Waals surface area contributed by atoms with Crippen LogP contribution in [0, 0.1) is 10.1 Å². The van der Waals surface area contributed by atoms with E-state index in [9.17, 15) is 14.9 Å². The molecule has 96 valence electrons. The number of ether oxygens (including phenoxy) is 1. The molecule has 0 fully saturated rings. The maximum Gasteiger partial charge on any atom is 0.335 e. The van der Waals surface area contributed by atoms with Gasteiger partial charge in [0.15, 0.2) is 0 Å². The van der Waals surface area contributed by atoms with Crippen LogP contribution in [0.25, 0.3) is 6.08 Å². The summed E-state index contributed by atoms with van der Waals surface area (Å²) in [6.07, 6.45) is 1.52. The predicted molar refractivity (Wildman–Crippen MR) is 74.7 cm³/mol. The minimum Gasteiger partial charge on any atom is -0.466 e. The van der Waals surface area contributed by atoms with Crippen LogP contribution in [-0.2, 0) is 9.53 Å². The van der Waals surface area contributed by atoms with Gasteiger partial charge in [-0.3, -0.25) is 10.1 Å². The summed E-state index contributed by atoms with van der Waals surface area (Å²) in [5.74, 6) is -0.514. The van der Waals surface area contributed by atoms with Gasteiger partial charge in [0.1, 0.15) is 3.74 Å². The van der Waals surface area contributed by atoms with Crippen molar-refractivity contribution >= 4 is 49.6 Å². The monoisotopic (exact) mass is 377 g/mol. The van der Waals surface area contributed by atoms with Crippen LogP contribution in [0.2, 0.25) is 0 Å². The molecule has 0 atom stereocenters. The van der Waals surface area contributed by atoms with E-state index in [1.54, 1.807) is 12.1 Å². The lowest BCUT2D eigenvalue weighted by atomic mass is 10.1. The van der Waals surface area contributed by atoms with Crippen LogP contribution < -0.4 is 0 Å². The Balaban J connectivity index is 3.16. The van der Waals surface area contributed by atoms with Gasteiger partial charge in [-0.25, -0.2) is 4.79 Å². The van der Waals surface area contributed by atoms with Crippen molar-refractivity contribution in [2.24, 2.45) is 0 Å². The highest BCUT2D eigenvalue weighted by molar-refractivity contribution is 9.24. The summed E-state index contributed by atoms with van der Waals surface area (Å²) < 4.78 is 4.23. The molecule has 0 saturated carbocycles. The Kier molecular flexibility index (Phi) is 5.49. The fraction of sp³-hybridized carbons (Fsp3) is 0.182. The summed E-state index contributed by atoms with van der Waals surface area (Å²) in [7, 11) is 1.27. The van der Waals surface area contributed by atoms with Crippen LogP contribution in [0.15, 0.2) is 29.8 Å². The molecule has 0 aliphatic rings. The van der Waals surface area contributed by atoms with Gasteiger partial charge in [0.05, 0.1) is 17.6 Å². The van der Waals surface area contributed by atoms with Gasteiger partial charge in [-0.15, -0.1) is 0 Å². The molecule has 1 rings (SSSR count). The molecule has 18 heavy (non-hydrogen) atoms. The van der Waals surface area contributed by atoms with Gasteiger partial charge in [0, 0.05) is 12.1 Å². The summed E-state index contributed by atoms with van der Waals surface area (Å²) in [5, 5.41) is 10.6. The van der Waals surface area contributed by atoms with Crippen molar-refractivity contribution in [3.05, 3.63) is 45.5 Å². The number of hydrogen-bond acceptors (Lipinski definition) is 4. The third kappa shape index (κ3) is 3.92. The molecular formula is C11H9Br2NO4. The Hall–Kier alpha value is -1.21. The summed E-state index contributed by atoms with van der Waals surface area (Å²) in [4.78, 5) is 21.6. The number of non-ortho nitro benzene ring substituents is 1. The number of carbonyl (C=O) groups excluding carboxylic acids is 1. The molecule has 0 heterocycles. The van der Waals surface area contributed by atoms with Crippen LogP contribution in [0.5, 0.6) is 0 Å². The van der Waals surface area contributed by atoms with Gasteiger partial charge in [-0.2, -0.15) is 0 Å². The normalized spacial score (nSPS) is 11.4. The lowest BCUT2D eigenvalue weighted by Crippen LogP contribution is -2.09. The average Bonchev–Trinajstić information content (AvgIpc) is 2.35. The maximum absolute atomic E-state index is 11.5. The summed E-state index contributed by atoms with van der Waals surface area (Å²) in [6.45, 7) is 0. The largest absolute Gasteiger partial charge is 0.466 e. The van der Waals surface area contributed by atoms with Crippen LogP contribution in [0.1, 0.15) is 5.56 Å². The molecule has 7 heteroatoms. The highest BCUT2D eigenvalue weighted by Gasteiger charge is 2.17.